The number of ether oxygens (including phenoxy) is 2. The number of aliphatic hydroxyl groups excluding tert-OH is 2. The van der Waals surface area contributed by atoms with Crippen molar-refractivity contribution in [2.45, 2.75) is 45.1 Å². The van der Waals surface area contributed by atoms with Crippen LogP contribution in [0, 0.1) is 0 Å². The predicted octanol–water partition coefficient (Wildman–Crippen LogP) is -2.31. The van der Waals surface area contributed by atoms with Crippen LogP contribution >= 0.6 is 0 Å². The molecule has 0 saturated heterocycles. The highest BCUT2D eigenvalue weighted by Gasteiger charge is 2.41. The van der Waals surface area contributed by atoms with Gasteiger partial charge in [0.1, 0.15) is 12.1 Å². The fourth-order valence-corrected chi connectivity index (χ4v) is 1.58. The Balaban J connectivity index is 5.49. The second-order valence-corrected chi connectivity index (χ2v) is 4.34. The van der Waals surface area contributed by atoms with E-state index in [0.29, 0.717) is 0 Å². The molecule has 0 bridgehead atoms. The lowest BCUT2D eigenvalue weighted by Gasteiger charge is -2.31. The summed E-state index contributed by atoms with van der Waals surface area (Å²) in [6, 6.07) is -1.64. The van der Waals surface area contributed by atoms with E-state index < -0.39 is 54.5 Å². The summed E-state index contributed by atoms with van der Waals surface area (Å²) in [6.45, 7) is 2.15. The van der Waals surface area contributed by atoms with Gasteiger partial charge in [-0.05, 0) is 0 Å². The highest BCUT2D eigenvalue weighted by Crippen LogP contribution is 2.14. The van der Waals surface area contributed by atoms with Crippen LogP contribution in [0.25, 0.3) is 0 Å². The Morgan fingerprint density at radius 3 is 1.76 bits per heavy atom. The van der Waals surface area contributed by atoms with Gasteiger partial charge in [0.2, 0.25) is 5.78 Å². The predicted molar refractivity (Wildman–Crippen MR) is 67.9 cm³/mol. The van der Waals surface area contributed by atoms with E-state index >= 15 is 0 Å². The Morgan fingerprint density at radius 2 is 1.43 bits per heavy atom. The van der Waals surface area contributed by atoms with Gasteiger partial charge in [-0.1, -0.05) is 0 Å². The van der Waals surface area contributed by atoms with E-state index in [0.717, 1.165) is 20.8 Å². The molecule has 0 aliphatic rings. The number of nitrogens with two attached hydrogens (primary N) is 1. The number of hydrogen-bond donors (Lipinski definition) is 3. The van der Waals surface area contributed by atoms with Gasteiger partial charge < -0.3 is 25.4 Å². The summed E-state index contributed by atoms with van der Waals surface area (Å²) in [7, 11) is 0. The van der Waals surface area contributed by atoms with Crippen molar-refractivity contribution in [3.63, 3.8) is 0 Å². The van der Waals surface area contributed by atoms with Gasteiger partial charge >= 0.3 is 11.9 Å². The van der Waals surface area contributed by atoms with Crippen LogP contribution in [-0.2, 0) is 28.7 Å². The van der Waals surface area contributed by atoms with Gasteiger partial charge in [-0.15, -0.1) is 0 Å². The van der Waals surface area contributed by atoms with Crippen molar-refractivity contribution in [2.75, 3.05) is 6.61 Å². The van der Waals surface area contributed by atoms with Crippen molar-refractivity contribution in [1.29, 1.82) is 0 Å². The van der Waals surface area contributed by atoms with Gasteiger partial charge in [0, 0.05) is 20.8 Å². The lowest BCUT2D eigenvalue weighted by atomic mass is 9.96. The molecule has 0 rings (SSSR count). The third-order valence-electron chi connectivity index (χ3n) is 2.50. The number of esters is 2. The maximum atomic E-state index is 11.6. The minimum Gasteiger partial charge on any atom is -0.456 e. The molecule has 0 saturated carbocycles. The zero-order chi connectivity index (χ0) is 16.7. The van der Waals surface area contributed by atoms with E-state index in [4.69, 9.17) is 20.3 Å². The average Bonchev–Trinajstić information content (AvgIpc) is 2.39. The smallest absolute Gasteiger partial charge is 0.303 e. The van der Waals surface area contributed by atoms with Crippen LogP contribution in [0.4, 0.5) is 0 Å². The Morgan fingerprint density at radius 1 is 1.00 bits per heavy atom. The Hall–Kier alpha value is -1.84. The van der Waals surface area contributed by atoms with Crippen LogP contribution in [0.5, 0.6) is 0 Å². The number of aliphatic hydroxyl groups is 2. The second kappa shape index (κ2) is 8.45. The SMILES string of the molecule is CC(=O)O[C@@H]([C@H](OC(C)=O)[C@@H](N)C(=O)C(C)=O)[C@H](O)CO. The first-order valence-corrected chi connectivity index (χ1v) is 6.05. The standard InChI is InChI=1S/C12H19NO8/c1-5(15)10(19)9(13)12(21-7(3)17)11(8(18)4-14)20-6(2)16/h8-9,11-12,14,18H,4,13H2,1-3H3/t8-,9+,11-,12-/m1/s1. The van der Waals surface area contributed by atoms with Gasteiger partial charge in [-0.3, -0.25) is 19.2 Å². The maximum absolute atomic E-state index is 11.6. The summed E-state index contributed by atoms with van der Waals surface area (Å²) in [4.78, 5) is 44.8. The molecule has 4 atom stereocenters. The van der Waals surface area contributed by atoms with Gasteiger partial charge in [-0.25, -0.2) is 0 Å². The molecule has 0 amide bonds. The third-order valence-corrected chi connectivity index (χ3v) is 2.50. The topological polar surface area (TPSA) is 153 Å². The van der Waals surface area contributed by atoms with Crippen LogP contribution < -0.4 is 5.73 Å². The molecule has 0 fully saturated rings. The summed E-state index contributed by atoms with van der Waals surface area (Å²) in [5.74, 6) is -3.68. The van der Waals surface area contributed by atoms with Crippen molar-refractivity contribution < 1.29 is 38.9 Å². The van der Waals surface area contributed by atoms with E-state index in [1.165, 1.54) is 0 Å². The largest absolute Gasteiger partial charge is 0.456 e. The fraction of sp³-hybridized carbons (Fsp3) is 0.667. The Kier molecular flexibility index (Phi) is 7.71. The lowest BCUT2D eigenvalue weighted by molar-refractivity contribution is -0.180. The molecule has 0 aromatic rings. The van der Waals surface area contributed by atoms with Gasteiger partial charge in [-0.2, -0.15) is 0 Å². The molecule has 9 heteroatoms. The average molecular weight is 305 g/mol. The first kappa shape index (κ1) is 19.2. The Labute approximate surface area is 121 Å². The molecule has 0 aromatic heterocycles. The fourth-order valence-electron chi connectivity index (χ4n) is 1.58. The van der Waals surface area contributed by atoms with E-state index in [9.17, 15) is 24.3 Å². The van der Waals surface area contributed by atoms with E-state index in [1.807, 2.05) is 0 Å². The quantitative estimate of drug-likeness (QED) is 0.331. The molecule has 21 heavy (non-hydrogen) atoms. The number of Topliss-reactive ketones (excluding diaryl/α,β-unsaturated/α-hetero) is 2. The van der Waals surface area contributed by atoms with Crippen LogP contribution in [-0.4, -0.2) is 64.7 Å². The molecule has 0 radical (unpaired) electrons. The summed E-state index contributed by atoms with van der Waals surface area (Å²) >= 11 is 0. The van der Waals surface area contributed by atoms with Crippen molar-refractivity contribution in [3.8, 4) is 0 Å². The number of carbonyl (C=O) groups excluding carboxylic acids is 4. The number of rotatable bonds is 8. The zero-order valence-electron chi connectivity index (χ0n) is 11.9. The molecule has 0 aliphatic heterocycles. The van der Waals surface area contributed by atoms with Crippen LogP contribution in [0.2, 0.25) is 0 Å². The van der Waals surface area contributed by atoms with Crippen molar-refractivity contribution in [2.24, 2.45) is 5.73 Å². The molecule has 9 nitrogen and oxygen atoms in total. The first-order chi connectivity index (χ1) is 9.61. The molecule has 0 aromatic carbocycles. The normalized spacial score (nSPS) is 16.3. The highest BCUT2D eigenvalue weighted by molar-refractivity contribution is 6.38. The van der Waals surface area contributed by atoms with E-state index in [-0.39, 0.29) is 0 Å². The number of ketones is 2. The van der Waals surface area contributed by atoms with Crippen LogP contribution in [0.1, 0.15) is 20.8 Å². The lowest BCUT2D eigenvalue weighted by Crippen LogP contribution is -2.57. The van der Waals surface area contributed by atoms with E-state index in [2.05, 4.69) is 0 Å². The zero-order valence-corrected chi connectivity index (χ0v) is 11.9. The summed E-state index contributed by atoms with van der Waals surface area (Å²) < 4.78 is 9.53. The van der Waals surface area contributed by atoms with Crippen molar-refractivity contribution in [1.82, 2.24) is 0 Å². The molecule has 4 N–H and O–H groups in total. The minimum atomic E-state index is -1.65. The first-order valence-electron chi connectivity index (χ1n) is 6.05. The van der Waals surface area contributed by atoms with E-state index in [1.54, 1.807) is 0 Å². The summed E-state index contributed by atoms with van der Waals surface area (Å²) in [5.41, 5.74) is 5.55. The van der Waals surface area contributed by atoms with Crippen molar-refractivity contribution >= 4 is 23.5 Å². The maximum Gasteiger partial charge on any atom is 0.303 e. The highest BCUT2D eigenvalue weighted by atomic mass is 16.6. The number of hydrogen-bond acceptors (Lipinski definition) is 9. The molecule has 0 aliphatic carbocycles. The molecular formula is C12H19NO8. The third kappa shape index (κ3) is 5.98. The van der Waals surface area contributed by atoms with Gasteiger partial charge in [0.25, 0.3) is 0 Å². The Bertz CT molecular complexity index is 421. The number of carbonyl (C=O) groups is 4. The van der Waals surface area contributed by atoms with Gasteiger partial charge in [0.15, 0.2) is 18.0 Å². The summed E-state index contributed by atoms with van der Waals surface area (Å²) in [6.07, 6.45) is -4.84. The van der Waals surface area contributed by atoms with Crippen molar-refractivity contribution in [3.05, 3.63) is 0 Å². The second-order valence-electron chi connectivity index (χ2n) is 4.34. The summed E-state index contributed by atoms with van der Waals surface area (Å²) in [5, 5.41) is 18.6. The molecule has 0 unspecified atom stereocenters. The monoisotopic (exact) mass is 305 g/mol. The molecule has 120 valence electrons. The van der Waals surface area contributed by atoms with Gasteiger partial charge in [0.05, 0.1) is 6.61 Å². The molecule has 0 heterocycles. The molecule has 0 spiro atoms. The van der Waals surface area contributed by atoms with Crippen LogP contribution in [0.3, 0.4) is 0 Å². The van der Waals surface area contributed by atoms with Crippen LogP contribution in [0.15, 0.2) is 0 Å². The minimum absolute atomic E-state index is 0.837. The molecular weight excluding hydrogens is 286 g/mol.